The second-order valence-electron chi connectivity index (χ2n) is 4.59. The zero-order chi connectivity index (χ0) is 14.5. The summed E-state index contributed by atoms with van der Waals surface area (Å²) in [7, 11) is 0. The summed E-state index contributed by atoms with van der Waals surface area (Å²) >= 11 is 0. The molecule has 0 aliphatic carbocycles. The summed E-state index contributed by atoms with van der Waals surface area (Å²) in [5, 5.41) is 18.6. The van der Waals surface area contributed by atoms with Crippen LogP contribution in [0.25, 0.3) is 0 Å². The molecule has 0 saturated heterocycles. The molecule has 1 atom stereocenters. The number of nitro groups is 1. The monoisotopic (exact) mass is 275 g/mol. The van der Waals surface area contributed by atoms with Crippen LogP contribution in [0.5, 0.6) is 0 Å². The van der Waals surface area contributed by atoms with Gasteiger partial charge in [0.15, 0.2) is 0 Å². The molecule has 0 aliphatic rings. The van der Waals surface area contributed by atoms with Gasteiger partial charge in [-0.25, -0.2) is 0 Å². The van der Waals surface area contributed by atoms with Gasteiger partial charge < -0.3 is 5.73 Å². The highest BCUT2D eigenvalue weighted by atomic mass is 16.6. The van der Waals surface area contributed by atoms with Crippen LogP contribution < -0.4 is 5.73 Å². The lowest BCUT2D eigenvalue weighted by atomic mass is 10.1. The molecule has 2 N–H and O–H groups in total. The Morgan fingerprint density at radius 2 is 2.10 bits per heavy atom. The molecular weight excluding hydrogens is 258 g/mol. The first-order valence-corrected chi connectivity index (χ1v) is 6.49. The first kappa shape index (κ1) is 14.1. The van der Waals surface area contributed by atoms with Gasteiger partial charge in [0.2, 0.25) is 0 Å². The van der Waals surface area contributed by atoms with E-state index in [1.165, 1.54) is 12.1 Å². The van der Waals surface area contributed by atoms with Gasteiger partial charge in [-0.3, -0.25) is 14.8 Å². The number of non-ortho nitro benzene ring substituents is 1. The summed E-state index contributed by atoms with van der Waals surface area (Å²) in [5.41, 5.74) is 7.79. The number of hydrogen-bond acceptors (Lipinski definition) is 5. The molecule has 0 fully saturated rings. The standard InChI is InChI=1S/C13H17N5O2/c1-2-12(14)13-9-17(16-15-13)8-7-10-3-5-11(6-4-10)18(19)20/h3-6,9,12H,2,7-8,14H2,1H3. The predicted molar refractivity (Wildman–Crippen MR) is 74.0 cm³/mol. The second kappa shape index (κ2) is 6.25. The van der Waals surface area contributed by atoms with Crippen molar-refractivity contribution >= 4 is 5.69 Å². The predicted octanol–water partition coefficient (Wildman–Crippen LogP) is 1.84. The maximum absolute atomic E-state index is 10.6. The van der Waals surface area contributed by atoms with E-state index >= 15 is 0 Å². The lowest BCUT2D eigenvalue weighted by molar-refractivity contribution is -0.384. The van der Waals surface area contributed by atoms with Crippen LogP contribution in [0.4, 0.5) is 5.69 Å². The van der Waals surface area contributed by atoms with Gasteiger partial charge in [0.05, 0.1) is 22.9 Å². The zero-order valence-electron chi connectivity index (χ0n) is 11.3. The molecule has 1 heterocycles. The number of nitrogens with zero attached hydrogens (tertiary/aromatic N) is 4. The third-order valence-corrected chi connectivity index (χ3v) is 3.15. The molecule has 0 amide bonds. The third kappa shape index (κ3) is 3.39. The fourth-order valence-corrected chi connectivity index (χ4v) is 1.83. The van der Waals surface area contributed by atoms with Crippen LogP contribution in [0.2, 0.25) is 0 Å². The zero-order valence-corrected chi connectivity index (χ0v) is 11.3. The smallest absolute Gasteiger partial charge is 0.269 e. The Hall–Kier alpha value is -2.28. The number of nitrogens with two attached hydrogens (primary N) is 1. The van der Waals surface area contributed by atoms with E-state index in [-0.39, 0.29) is 11.7 Å². The first-order valence-electron chi connectivity index (χ1n) is 6.49. The van der Waals surface area contributed by atoms with E-state index in [1.807, 2.05) is 13.1 Å². The van der Waals surface area contributed by atoms with Gasteiger partial charge in [-0.05, 0) is 18.4 Å². The summed E-state index contributed by atoms with van der Waals surface area (Å²) in [6.45, 7) is 2.67. The Kier molecular flexibility index (Phi) is 4.41. The van der Waals surface area contributed by atoms with E-state index in [4.69, 9.17) is 5.73 Å². The van der Waals surface area contributed by atoms with E-state index in [0.717, 1.165) is 24.1 Å². The number of hydrogen-bond donors (Lipinski definition) is 1. The Labute approximate surface area is 116 Å². The fraction of sp³-hybridized carbons (Fsp3) is 0.385. The molecule has 0 radical (unpaired) electrons. The highest BCUT2D eigenvalue weighted by molar-refractivity contribution is 5.32. The van der Waals surface area contributed by atoms with Crippen molar-refractivity contribution in [3.8, 4) is 0 Å². The van der Waals surface area contributed by atoms with E-state index in [2.05, 4.69) is 10.3 Å². The Balaban J connectivity index is 1.94. The van der Waals surface area contributed by atoms with Gasteiger partial charge in [0.25, 0.3) is 5.69 Å². The summed E-state index contributed by atoms with van der Waals surface area (Å²) in [6, 6.07) is 6.45. The molecule has 0 spiro atoms. The Morgan fingerprint density at radius 3 is 2.70 bits per heavy atom. The normalized spacial score (nSPS) is 12.3. The van der Waals surface area contributed by atoms with Gasteiger partial charge in [-0.1, -0.05) is 24.3 Å². The lowest BCUT2D eigenvalue weighted by Gasteiger charge is -2.02. The minimum absolute atomic E-state index is 0.0804. The Morgan fingerprint density at radius 1 is 1.40 bits per heavy atom. The number of aryl methyl sites for hydroxylation is 2. The summed E-state index contributed by atoms with van der Waals surface area (Å²) in [4.78, 5) is 10.2. The molecule has 0 bridgehead atoms. The number of nitro benzene ring substituents is 1. The average molecular weight is 275 g/mol. The van der Waals surface area contributed by atoms with Gasteiger partial charge >= 0.3 is 0 Å². The van der Waals surface area contributed by atoms with Gasteiger partial charge in [0, 0.05) is 18.7 Å². The molecule has 2 aromatic rings. The SMILES string of the molecule is CCC(N)c1cn(CCc2ccc([N+](=O)[O-])cc2)nn1. The molecule has 106 valence electrons. The number of rotatable bonds is 6. The fourth-order valence-electron chi connectivity index (χ4n) is 1.83. The van der Waals surface area contributed by atoms with Crippen LogP contribution in [-0.4, -0.2) is 19.9 Å². The van der Waals surface area contributed by atoms with Crippen LogP contribution in [0.15, 0.2) is 30.5 Å². The molecular formula is C13H17N5O2. The van der Waals surface area contributed by atoms with E-state index in [0.29, 0.717) is 6.54 Å². The summed E-state index contributed by atoms with van der Waals surface area (Å²) < 4.78 is 1.74. The minimum Gasteiger partial charge on any atom is -0.323 e. The van der Waals surface area contributed by atoms with Crippen molar-refractivity contribution in [2.24, 2.45) is 5.73 Å². The van der Waals surface area contributed by atoms with Crippen molar-refractivity contribution in [2.75, 3.05) is 0 Å². The average Bonchev–Trinajstić information content (AvgIpc) is 2.93. The van der Waals surface area contributed by atoms with Crippen molar-refractivity contribution in [3.05, 3.63) is 51.8 Å². The second-order valence-corrected chi connectivity index (χ2v) is 4.59. The van der Waals surface area contributed by atoms with Crippen LogP contribution in [-0.2, 0) is 13.0 Å². The highest BCUT2D eigenvalue weighted by Gasteiger charge is 2.08. The van der Waals surface area contributed by atoms with Gasteiger partial charge in [-0.2, -0.15) is 0 Å². The van der Waals surface area contributed by atoms with Crippen LogP contribution in [0, 0.1) is 10.1 Å². The third-order valence-electron chi connectivity index (χ3n) is 3.15. The topological polar surface area (TPSA) is 99.9 Å². The number of benzene rings is 1. The highest BCUT2D eigenvalue weighted by Crippen LogP contribution is 2.13. The van der Waals surface area contributed by atoms with Gasteiger partial charge in [0.1, 0.15) is 0 Å². The van der Waals surface area contributed by atoms with Crippen molar-refractivity contribution in [1.82, 2.24) is 15.0 Å². The maximum Gasteiger partial charge on any atom is 0.269 e. The van der Waals surface area contributed by atoms with E-state index in [9.17, 15) is 10.1 Å². The van der Waals surface area contributed by atoms with Crippen LogP contribution in [0.3, 0.4) is 0 Å². The molecule has 7 nitrogen and oxygen atoms in total. The van der Waals surface area contributed by atoms with Gasteiger partial charge in [-0.15, -0.1) is 5.10 Å². The lowest BCUT2D eigenvalue weighted by Crippen LogP contribution is -2.08. The minimum atomic E-state index is -0.403. The largest absolute Gasteiger partial charge is 0.323 e. The molecule has 1 unspecified atom stereocenters. The molecule has 2 rings (SSSR count). The van der Waals surface area contributed by atoms with E-state index in [1.54, 1.807) is 16.8 Å². The maximum atomic E-state index is 10.6. The molecule has 1 aromatic heterocycles. The van der Waals surface area contributed by atoms with Crippen molar-refractivity contribution in [2.45, 2.75) is 32.4 Å². The number of aromatic nitrogens is 3. The van der Waals surface area contributed by atoms with Crippen LogP contribution >= 0.6 is 0 Å². The first-order chi connectivity index (χ1) is 9.60. The van der Waals surface area contributed by atoms with E-state index < -0.39 is 4.92 Å². The molecule has 20 heavy (non-hydrogen) atoms. The summed E-state index contributed by atoms with van der Waals surface area (Å²) in [6.07, 6.45) is 3.41. The quantitative estimate of drug-likeness (QED) is 0.640. The molecule has 7 heteroatoms. The van der Waals surface area contributed by atoms with Crippen LogP contribution in [0.1, 0.15) is 30.6 Å². The molecule has 1 aromatic carbocycles. The van der Waals surface area contributed by atoms with Crippen molar-refractivity contribution < 1.29 is 4.92 Å². The molecule has 0 saturated carbocycles. The Bertz CT molecular complexity index is 579. The summed E-state index contributed by atoms with van der Waals surface area (Å²) in [5.74, 6) is 0. The van der Waals surface area contributed by atoms with Crippen molar-refractivity contribution in [3.63, 3.8) is 0 Å². The van der Waals surface area contributed by atoms with Crippen molar-refractivity contribution in [1.29, 1.82) is 0 Å². The molecule has 0 aliphatic heterocycles.